The van der Waals surface area contributed by atoms with Crippen LogP contribution in [0.4, 0.5) is 5.82 Å². The topological polar surface area (TPSA) is 77.8 Å². The number of pyridine rings is 1. The smallest absolute Gasteiger partial charge is 0.263 e. The van der Waals surface area contributed by atoms with Crippen molar-refractivity contribution in [2.45, 2.75) is 6.54 Å². The minimum Gasteiger partial charge on any atom is -0.347 e. The Bertz CT molecular complexity index is 751. The lowest BCUT2D eigenvalue weighted by atomic mass is 10.2. The number of amides is 1. The van der Waals surface area contributed by atoms with Gasteiger partial charge in [-0.05, 0) is 45.8 Å². The molecular weight excluding hydrogens is 380 g/mol. The highest BCUT2D eigenvalue weighted by atomic mass is 79.9. The van der Waals surface area contributed by atoms with E-state index in [1.54, 1.807) is 30.5 Å². The maximum absolute atomic E-state index is 12.0. The van der Waals surface area contributed by atoms with Gasteiger partial charge in [0.25, 0.3) is 5.91 Å². The van der Waals surface area contributed by atoms with Crippen molar-refractivity contribution in [3.05, 3.63) is 69.4 Å². The molecule has 2 N–H and O–H groups in total. The van der Waals surface area contributed by atoms with E-state index >= 15 is 0 Å². The lowest BCUT2D eigenvalue weighted by Crippen LogP contribution is -2.24. The van der Waals surface area contributed by atoms with Gasteiger partial charge < -0.3 is 10.6 Å². The number of nitrogens with one attached hydrogen (secondary N) is 2. The van der Waals surface area contributed by atoms with Gasteiger partial charge in [0.1, 0.15) is 17.5 Å². The number of nitriles is 1. The molecule has 0 aliphatic carbocycles. The van der Waals surface area contributed by atoms with Crippen LogP contribution < -0.4 is 10.6 Å². The average molecular weight is 392 g/mol. The molecule has 0 aliphatic rings. The van der Waals surface area contributed by atoms with E-state index in [0.717, 1.165) is 10.0 Å². The second-order valence-electron chi connectivity index (χ2n) is 4.48. The second kappa shape index (κ2) is 8.32. The summed E-state index contributed by atoms with van der Waals surface area (Å²) in [6.45, 7) is 0.311. The number of carbonyl (C=O) groups excluding carboxylic acids is 1. The fourth-order valence-electron chi connectivity index (χ4n) is 1.64. The molecule has 0 saturated carbocycles. The minimum atomic E-state index is -0.466. The molecule has 0 radical (unpaired) electrons. The molecule has 0 saturated heterocycles. The molecule has 2 aromatic rings. The Morgan fingerprint density at radius 2 is 2.04 bits per heavy atom. The number of nitrogens with zero attached hydrogens (tertiary/aromatic N) is 2. The molecule has 1 aromatic carbocycles. The van der Waals surface area contributed by atoms with Crippen LogP contribution in [0, 0.1) is 11.3 Å². The van der Waals surface area contributed by atoms with Crippen LogP contribution in [-0.4, -0.2) is 10.9 Å². The highest BCUT2D eigenvalue weighted by Gasteiger charge is 2.08. The number of aromatic nitrogens is 1. The first kappa shape index (κ1) is 17.0. The third-order valence-electron chi connectivity index (χ3n) is 2.82. The standard InChI is InChI=1S/C16H12BrClN4O/c17-13-3-6-15(21-10-13)20-9-12(7-19)16(23)22-8-11-1-4-14(18)5-2-11/h1-6,9-10H,8H2,(H,20,21)(H,22,23)/b12-9-. The van der Waals surface area contributed by atoms with Crippen molar-refractivity contribution >= 4 is 39.3 Å². The molecule has 5 nitrogen and oxygen atoms in total. The summed E-state index contributed by atoms with van der Waals surface area (Å²) < 4.78 is 0.841. The lowest BCUT2D eigenvalue weighted by Gasteiger charge is -2.05. The first-order valence-electron chi connectivity index (χ1n) is 6.59. The van der Waals surface area contributed by atoms with E-state index in [4.69, 9.17) is 16.9 Å². The molecule has 0 fully saturated rings. The van der Waals surface area contributed by atoms with Crippen LogP contribution in [0.1, 0.15) is 5.56 Å². The molecule has 0 aliphatic heterocycles. The van der Waals surface area contributed by atoms with E-state index in [0.29, 0.717) is 17.4 Å². The van der Waals surface area contributed by atoms with E-state index in [2.05, 4.69) is 31.5 Å². The first-order chi connectivity index (χ1) is 11.1. The van der Waals surface area contributed by atoms with Gasteiger partial charge in [-0.25, -0.2) is 4.98 Å². The van der Waals surface area contributed by atoms with E-state index in [1.807, 2.05) is 18.2 Å². The van der Waals surface area contributed by atoms with E-state index in [9.17, 15) is 4.79 Å². The Morgan fingerprint density at radius 1 is 1.30 bits per heavy atom. The monoisotopic (exact) mass is 390 g/mol. The minimum absolute atomic E-state index is 0.0383. The summed E-state index contributed by atoms with van der Waals surface area (Å²) >= 11 is 9.08. The predicted octanol–water partition coefficient (Wildman–Crippen LogP) is 3.63. The molecule has 0 atom stereocenters. The molecule has 1 amide bonds. The van der Waals surface area contributed by atoms with Gasteiger partial charge in [0.2, 0.25) is 0 Å². The largest absolute Gasteiger partial charge is 0.347 e. The van der Waals surface area contributed by atoms with Crippen LogP contribution in [0.25, 0.3) is 0 Å². The average Bonchev–Trinajstić information content (AvgIpc) is 2.56. The molecule has 1 aromatic heterocycles. The van der Waals surface area contributed by atoms with Crippen molar-refractivity contribution in [3.63, 3.8) is 0 Å². The Labute approximate surface area is 147 Å². The van der Waals surface area contributed by atoms with Gasteiger partial charge in [-0.1, -0.05) is 23.7 Å². The van der Waals surface area contributed by atoms with Crippen molar-refractivity contribution in [2.24, 2.45) is 0 Å². The summed E-state index contributed by atoms with van der Waals surface area (Å²) in [4.78, 5) is 16.1. The Morgan fingerprint density at radius 3 is 2.65 bits per heavy atom. The second-order valence-corrected chi connectivity index (χ2v) is 5.84. The first-order valence-corrected chi connectivity index (χ1v) is 7.76. The third kappa shape index (κ3) is 5.40. The normalized spacial score (nSPS) is 10.7. The molecule has 116 valence electrons. The van der Waals surface area contributed by atoms with E-state index < -0.39 is 5.91 Å². The summed E-state index contributed by atoms with van der Waals surface area (Å²) in [5.74, 6) is 0.0681. The number of rotatable bonds is 5. The van der Waals surface area contributed by atoms with Crippen molar-refractivity contribution < 1.29 is 4.79 Å². The lowest BCUT2D eigenvalue weighted by molar-refractivity contribution is -0.117. The summed E-state index contributed by atoms with van der Waals surface area (Å²) in [6.07, 6.45) is 2.94. The third-order valence-corrected chi connectivity index (χ3v) is 3.54. The van der Waals surface area contributed by atoms with Gasteiger partial charge >= 0.3 is 0 Å². The van der Waals surface area contributed by atoms with Crippen molar-refractivity contribution in [3.8, 4) is 6.07 Å². The maximum atomic E-state index is 12.0. The number of benzene rings is 1. The summed E-state index contributed by atoms with van der Waals surface area (Å²) in [5, 5.41) is 15.2. The molecule has 23 heavy (non-hydrogen) atoms. The predicted molar refractivity (Wildman–Crippen MR) is 92.6 cm³/mol. The fourth-order valence-corrected chi connectivity index (χ4v) is 2.00. The van der Waals surface area contributed by atoms with Gasteiger partial charge in [0.15, 0.2) is 0 Å². The molecular formula is C16H12BrClN4O. The molecule has 0 spiro atoms. The summed E-state index contributed by atoms with van der Waals surface area (Å²) in [6, 6.07) is 12.5. The number of anilines is 1. The highest BCUT2D eigenvalue weighted by molar-refractivity contribution is 9.10. The molecule has 7 heteroatoms. The quantitative estimate of drug-likeness (QED) is 0.602. The van der Waals surface area contributed by atoms with Gasteiger partial charge in [0, 0.05) is 28.4 Å². The van der Waals surface area contributed by atoms with Crippen LogP contribution in [0.2, 0.25) is 5.02 Å². The van der Waals surface area contributed by atoms with Gasteiger partial charge in [-0.15, -0.1) is 0 Å². The van der Waals surface area contributed by atoms with Crippen LogP contribution in [-0.2, 0) is 11.3 Å². The summed E-state index contributed by atoms with van der Waals surface area (Å²) in [5.41, 5.74) is 0.853. The zero-order chi connectivity index (χ0) is 16.7. The zero-order valence-electron chi connectivity index (χ0n) is 11.9. The van der Waals surface area contributed by atoms with Crippen LogP contribution in [0.15, 0.2) is 58.8 Å². The molecule has 0 bridgehead atoms. The Balaban J connectivity index is 1.95. The SMILES string of the molecule is N#C/C(=C/Nc1ccc(Br)cn1)C(=O)NCc1ccc(Cl)cc1. The highest BCUT2D eigenvalue weighted by Crippen LogP contribution is 2.11. The zero-order valence-corrected chi connectivity index (χ0v) is 14.2. The fraction of sp³-hybridized carbons (Fsp3) is 0.0625. The number of hydrogen-bond donors (Lipinski definition) is 2. The molecule has 2 rings (SSSR count). The van der Waals surface area contributed by atoms with Gasteiger partial charge in [0.05, 0.1) is 0 Å². The van der Waals surface area contributed by atoms with Crippen LogP contribution >= 0.6 is 27.5 Å². The molecule has 0 unspecified atom stereocenters. The van der Waals surface area contributed by atoms with Crippen molar-refractivity contribution in [1.82, 2.24) is 10.3 Å². The van der Waals surface area contributed by atoms with Gasteiger partial charge in [-0.2, -0.15) is 5.26 Å². The van der Waals surface area contributed by atoms with Crippen LogP contribution in [0.3, 0.4) is 0 Å². The van der Waals surface area contributed by atoms with Gasteiger partial charge in [-0.3, -0.25) is 4.79 Å². The number of hydrogen-bond acceptors (Lipinski definition) is 4. The summed E-state index contributed by atoms with van der Waals surface area (Å²) in [7, 11) is 0. The van der Waals surface area contributed by atoms with Crippen LogP contribution in [0.5, 0.6) is 0 Å². The van der Waals surface area contributed by atoms with E-state index in [-0.39, 0.29) is 5.57 Å². The van der Waals surface area contributed by atoms with Crippen molar-refractivity contribution in [1.29, 1.82) is 5.26 Å². The Hall–Kier alpha value is -2.36. The van der Waals surface area contributed by atoms with E-state index in [1.165, 1.54) is 6.20 Å². The number of carbonyl (C=O) groups is 1. The number of halogens is 2. The maximum Gasteiger partial charge on any atom is 0.263 e. The Kier molecular flexibility index (Phi) is 6.15. The van der Waals surface area contributed by atoms with Crippen molar-refractivity contribution in [2.75, 3.05) is 5.32 Å². The molecule has 1 heterocycles.